The predicted octanol–water partition coefficient (Wildman–Crippen LogP) is 0.324. The van der Waals surface area contributed by atoms with E-state index in [1.54, 1.807) is 0 Å². The summed E-state index contributed by atoms with van der Waals surface area (Å²) < 4.78 is 1.93. The van der Waals surface area contributed by atoms with Gasteiger partial charge in [0, 0.05) is 44.5 Å². The zero-order chi connectivity index (χ0) is 15.4. The van der Waals surface area contributed by atoms with Crippen molar-refractivity contribution in [3.05, 3.63) is 17.0 Å². The highest BCUT2D eigenvalue weighted by Crippen LogP contribution is 2.21. The minimum absolute atomic E-state index is 0.0857. The maximum Gasteiger partial charge on any atom is 0.224 e. The van der Waals surface area contributed by atoms with E-state index in [1.165, 1.54) is 11.3 Å². The number of piperidine rings is 1. The molecular formula is C15H27N5O. The smallest absolute Gasteiger partial charge is 0.224 e. The number of hydrogen-bond acceptors (Lipinski definition) is 4. The third kappa shape index (κ3) is 3.83. The van der Waals surface area contributed by atoms with Gasteiger partial charge >= 0.3 is 0 Å². The quantitative estimate of drug-likeness (QED) is 0.820. The summed E-state index contributed by atoms with van der Waals surface area (Å²) in [6.45, 7) is 7.97. The van der Waals surface area contributed by atoms with E-state index >= 15 is 0 Å². The van der Waals surface area contributed by atoms with Crippen LogP contribution in [0.3, 0.4) is 0 Å². The summed E-state index contributed by atoms with van der Waals surface area (Å²) in [7, 11) is 1.98. The fourth-order valence-electron chi connectivity index (χ4n) is 3.02. The van der Waals surface area contributed by atoms with Crippen LogP contribution in [0, 0.1) is 19.8 Å². The lowest BCUT2D eigenvalue weighted by molar-refractivity contribution is -0.126. The molecular weight excluding hydrogens is 266 g/mol. The van der Waals surface area contributed by atoms with E-state index in [9.17, 15) is 4.79 Å². The molecule has 2 heterocycles. The minimum Gasteiger partial charge on any atom is -0.355 e. The Morgan fingerprint density at radius 1 is 1.48 bits per heavy atom. The van der Waals surface area contributed by atoms with E-state index in [4.69, 9.17) is 5.73 Å². The molecule has 0 aliphatic carbocycles. The van der Waals surface area contributed by atoms with E-state index in [2.05, 4.69) is 29.2 Å². The fraction of sp³-hybridized carbons (Fsp3) is 0.733. The molecule has 6 heteroatoms. The van der Waals surface area contributed by atoms with Gasteiger partial charge in [-0.25, -0.2) is 0 Å². The highest BCUT2D eigenvalue weighted by atomic mass is 16.1. The molecule has 1 amide bonds. The number of nitrogens with two attached hydrogens (primary N) is 1. The second kappa shape index (κ2) is 7.04. The minimum atomic E-state index is 0.0857. The summed E-state index contributed by atoms with van der Waals surface area (Å²) in [6.07, 6.45) is 2.04. The lowest BCUT2D eigenvalue weighted by Gasteiger charge is -2.32. The number of nitrogens with one attached hydrogen (secondary N) is 1. The number of nitrogens with zero attached hydrogens (tertiary/aromatic N) is 3. The van der Waals surface area contributed by atoms with Crippen LogP contribution in [-0.4, -0.2) is 46.8 Å². The van der Waals surface area contributed by atoms with Crippen LogP contribution in [-0.2, 0) is 18.4 Å². The van der Waals surface area contributed by atoms with Crippen molar-refractivity contribution in [2.75, 3.05) is 26.2 Å². The molecule has 0 radical (unpaired) electrons. The largest absolute Gasteiger partial charge is 0.355 e. The summed E-state index contributed by atoms with van der Waals surface area (Å²) in [5.41, 5.74) is 9.03. The van der Waals surface area contributed by atoms with Gasteiger partial charge in [-0.1, -0.05) is 0 Å². The van der Waals surface area contributed by atoms with Gasteiger partial charge in [0.15, 0.2) is 0 Å². The second-order valence-corrected chi connectivity index (χ2v) is 5.93. The van der Waals surface area contributed by atoms with Crippen LogP contribution in [0.25, 0.3) is 0 Å². The van der Waals surface area contributed by atoms with Crippen LogP contribution >= 0.6 is 0 Å². The van der Waals surface area contributed by atoms with Crippen LogP contribution in [0.5, 0.6) is 0 Å². The monoisotopic (exact) mass is 293 g/mol. The molecule has 0 aromatic carbocycles. The van der Waals surface area contributed by atoms with Crippen molar-refractivity contribution in [2.24, 2.45) is 18.7 Å². The standard InChI is InChI=1S/C15H27N5O/c1-11-14(12(2)19(3)18-11)10-20-8-4-5-13(9-20)15(21)17-7-6-16/h13H,4-10,16H2,1-3H3,(H,17,21). The van der Waals surface area contributed by atoms with Crippen LogP contribution in [0.1, 0.15) is 29.8 Å². The average Bonchev–Trinajstić information content (AvgIpc) is 2.71. The highest BCUT2D eigenvalue weighted by Gasteiger charge is 2.26. The molecule has 6 nitrogen and oxygen atoms in total. The van der Waals surface area contributed by atoms with Crippen molar-refractivity contribution in [1.29, 1.82) is 0 Å². The lowest BCUT2D eigenvalue weighted by atomic mass is 9.96. The van der Waals surface area contributed by atoms with E-state index in [0.29, 0.717) is 13.1 Å². The van der Waals surface area contributed by atoms with E-state index in [-0.39, 0.29) is 11.8 Å². The summed E-state index contributed by atoms with van der Waals surface area (Å²) in [5.74, 6) is 0.229. The molecule has 1 aromatic rings. The number of amides is 1. The first-order valence-corrected chi connectivity index (χ1v) is 7.72. The number of rotatable bonds is 5. The molecule has 1 aromatic heterocycles. The van der Waals surface area contributed by atoms with E-state index in [0.717, 1.165) is 38.2 Å². The Balaban J connectivity index is 1.96. The topological polar surface area (TPSA) is 76.2 Å². The van der Waals surface area contributed by atoms with Crippen molar-refractivity contribution in [3.8, 4) is 0 Å². The Morgan fingerprint density at radius 3 is 2.86 bits per heavy atom. The number of carbonyl (C=O) groups excluding carboxylic acids is 1. The van der Waals surface area contributed by atoms with Gasteiger partial charge in [0.05, 0.1) is 11.6 Å². The Kier molecular flexibility index (Phi) is 5.36. The number of aromatic nitrogens is 2. The molecule has 3 N–H and O–H groups in total. The molecule has 1 aliphatic heterocycles. The van der Waals surface area contributed by atoms with Crippen molar-refractivity contribution in [1.82, 2.24) is 20.0 Å². The summed E-state index contributed by atoms with van der Waals surface area (Å²) in [6, 6.07) is 0. The van der Waals surface area contributed by atoms with Crippen LogP contribution in [0.4, 0.5) is 0 Å². The first-order valence-electron chi connectivity index (χ1n) is 7.72. The van der Waals surface area contributed by atoms with Crippen molar-refractivity contribution in [3.63, 3.8) is 0 Å². The third-order valence-electron chi connectivity index (χ3n) is 4.36. The van der Waals surface area contributed by atoms with Gasteiger partial charge in [-0.15, -0.1) is 0 Å². The van der Waals surface area contributed by atoms with Crippen molar-refractivity contribution in [2.45, 2.75) is 33.2 Å². The average molecular weight is 293 g/mol. The van der Waals surface area contributed by atoms with E-state index in [1.807, 2.05) is 11.7 Å². The summed E-state index contributed by atoms with van der Waals surface area (Å²) >= 11 is 0. The highest BCUT2D eigenvalue weighted by molar-refractivity contribution is 5.78. The molecule has 21 heavy (non-hydrogen) atoms. The van der Waals surface area contributed by atoms with E-state index < -0.39 is 0 Å². The van der Waals surface area contributed by atoms with Gasteiger partial charge in [-0.3, -0.25) is 14.4 Å². The summed E-state index contributed by atoms with van der Waals surface area (Å²) in [5, 5.41) is 7.37. The molecule has 0 saturated carbocycles. The maximum atomic E-state index is 12.1. The Morgan fingerprint density at radius 2 is 2.24 bits per heavy atom. The predicted molar refractivity (Wildman–Crippen MR) is 82.7 cm³/mol. The first-order chi connectivity index (χ1) is 10.0. The fourth-order valence-corrected chi connectivity index (χ4v) is 3.02. The van der Waals surface area contributed by atoms with Crippen molar-refractivity contribution < 1.29 is 4.79 Å². The van der Waals surface area contributed by atoms with Crippen LogP contribution in [0.15, 0.2) is 0 Å². The Bertz CT molecular complexity index is 496. The molecule has 1 atom stereocenters. The number of likely N-dealkylation sites (tertiary alicyclic amines) is 1. The molecule has 1 fully saturated rings. The summed E-state index contributed by atoms with van der Waals surface area (Å²) in [4.78, 5) is 14.5. The lowest BCUT2D eigenvalue weighted by Crippen LogP contribution is -2.43. The molecule has 0 bridgehead atoms. The first kappa shape index (κ1) is 16.0. The third-order valence-corrected chi connectivity index (χ3v) is 4.36. The van der Waals surface area contributed by atoms with Gasteiger partial charge in [0.1, 0.15) is 0 Å². The Hall–Kier alpha value is -1.40. The van der Waals surface area contributed by atoms with Gasteiger partial charge in [-0.2, -0.15) is 5.10 Å². The normalized spacial score (nSPS) is 19.7. The molecule has 1 unspecified atom stereocenters. The molecule has 118 valence electrons. The van der Waals surface area contributed by atoms with Crippen LogP contribution < -0.4 is 11.1 Å². The van der Waals surface area contributed by atoms with Gasteiger partial charge < -0.3 is 11.1 Å². The molecule has 1 saturated heterocycles. The molecule has 1 aliphatic rings. The van der Waals surface area contributed by atoms with Gasteiger partial charge in [0.25, 0.3) is 0 Å². The zero-order valence-corrected chi connectivity index (χ0v) is 13.4. The maximum absolute atomic E-state index is 12.1. The molecule has 0 spiro atoms. The van der Waals surface area contributed by atoms with Gasteiger partial charge in [0.2, 0.25) is 5.91 Å². The number of hydrogen-bond donors (Lipinski definition) is 2. The van der Waals surface area contributed by atoms with Gasteiger partial charge in [-0.05, 0) is 33.2 Å². The number of carbonyl (C=O) groups is 1. The second-order valence-electron chi connectivity index (χ2n) is 5.93. The SMILES string of the molecule is Cc1nn(C)c(C)c1CN1CCCC(C(=O)NCCN)C1. The number of aryl methyl sites for hydroxylation is 2. The zero-order valence-electron chi connectivity index (χ0n) is 13.4. The molecule has 2 rings (SSSR count). The Labute approximate surface area is 126 Å². The van der Waals surface area contributed by atoms with Crippen LogP contribution in [0.2, 0.25) is 0 Å². The van der Waals surface area contributed by atoms with Crippen molar-refractivity contribution >= 4 is 5.91 Å².